The van der Waals surface area contributed by atoms with E-state index in [-0.39, 0.29) is 24.2 Å². The molecule has 0 fully saturated rings. The van der Waals surface area contributed by atoms with Gasteiger partial charge in [0.1, 0.15) is 0 Å². The molecule has 0 N–H and O–H groups in total. The average molecular weight is 424 g/mol. The molecule has 7 heteroatoms. The molecule has 4 aromatic rings. The molecule has 0 atom stereocenters. The van der Waals surface area contributed by atoms with Crippen LogP contribution in [0.5, 0.6) is 0 Å². The fourth-order valence-electron chi connectivity index (χ4n) is 3.46. The van der Waals surface area contributed by atoms with Crippen LogP contribution >= 0.6 is 0 Å². The fourth-order valence-corrected chi connectivity index (χ4v) is 3.46. The summed E-state index contributed by atoms with van der Waals surface area (Å²) in [5.41, 5.74) is 3.28. The highest BCUT2D eigenvalue weighted by molar-refractivity contribution is 5.93. The Morgan fingerprint density at radius 2 is 1.65 bits per heavy atom. The Morgan fingerprint density at radius 1 is 0.968 bits per heavy atom. The first-order chi connectivity index (χ1) is 14.9. The molecule has 0 spiro atoms. The number of hydrogen-bond donors (Lipinski definition) is 0. The van der Waals surface area contributed by atoms with Crippen LogP contribution < -0.4 is 0 Å². The summed E-state index contributed by atoms with van der Waals surface area (Å²) in [6.45, 7) is 1.84. The number of imidazole rings is 1. The van der Waals surface area contributed by atoms with Gasteiger partial charge in [0.05, 0.1) is 23.2 Å². The van der Waals surface area contributed by atoms with Crippen LogP contribution in [-0.2, 0) is 17.5 Å². The van der Waals surface area contributed by atoms with Crippen LogP contribution in [0.15, 0.2) is 72.8 Å². The monoisotopic (exact) mass is 424 g/mol. The topological polar surface area (TPSA) is 44.1 Å². The largest absolute Gasteiger partial charge is 0.462 e. The molecule has 31 heavy (non-hydrogen) atoms. The molecule has 1 heterocycles. The van der Waals surface area contributed by atoms with E-state index in [0.29, 0.717) is 11.1 Å². The van der Waals surface area contributed by atoms with Crippen molar-refractivity contribution in [2.45, 2.75) is 19.6 Å². The summed E-state index contributed by atoms with van der Waals surface area (Å²) < 4.78 is 47.1. The zero-order valence-electron chi connectivity index (χ0n) is 16.7. The Bertz CT molecular complexity index is 1210. The summed E-state index contributed by atoms with van der Waals surface area (Å²) in [6.07, 6.45) is -4.63. The van der Waals surface area contributed by atoms with Crippen molar-refractivity contribution in [3.8, 4) is 11.1 Å². The van der Waals surface area contributed by atoms with E-state index >= 15 is 0 Å². The summed E-state index contributed by atoms with van der Waals surface area (Å²) in [5.74, 6) is -1.60. The Labute approximate surface area is 176 Å². The van der Waals surface area contributed by atoms with Gasteiger partial charge >= 0.3 is 12.1 Å². The van der Waals surface area contributed by atoms with E-state index in [2.05, 4.69) is 4.98 Å². The molecule has 1 aromatic heterocycles. The van der Waals surface area contributed by atoms with Crippen molar-refractivity contribution in [3.63, 3.8) is 0 Å². The summed E-state index contributed by atoms with van der Waals surface area (Å²) in [6, 6.07) is 21.4. The SMILES string of the molecule is CCOC(=O)c1ccc2c(c1)nc(C(F)(F)F)n2Cc1ccc(-c2ccccc2)cc1. The van der Waals surface area contributed by atoms with E-state index in [9.17, 15) is 18.0 Å². The van der Waals surface area contributed by atoms with E-state index in [1.807, 2.05) is 42.5 Å². The van der Waals surface area contributed by atoms with Gasteiger partial charge in [-0.15, -0.1) is 0 Å². The summed E-state index contributed by atoms with van der Waals surface area (Å²) in [5, 5.41) is 0. The summed E-state index contributed by atoms with van der Waals surface area (Å²) >= 11 is 0. The molecular formula is C24H19F3N2O2. The molecule has 0 aliphatic rings. The quantitative estimate of drug-likeness (QED) is 0.372. The number of benzene rings is 3. The van der Waals surface area contributed by atoms with E-state index in [0.717, 1.165) is 15.7 Å². The molecular weight excluding hydrogens is 405 g/mol. The van der Waals surface area contributed by atoms with Crippen LogP contribution in [-0.4, -0.2) is 22.1 Å². The van der Waals surface area contributed by atoms with Crippen molar-refractivity contribution in [2.75, 3.05) is 6.61 Å². The lowest BCUT2D eigenvalue weighted by Crippen LogP contribution is -2.15. The highest BCUT2D eigenvalue weighted by Gasteiger charge is 2.37. The highest BCUT2D eigenvalue weighted by Crippen LogP contribution is 2.32. The molecule has 3 aromatic carbocycles. The number of esters is 1. The van der Waals surface area contributed by atoms with Crippen LogP contribution in [0, 0.1) is 0 Å². The number of carbonyl (C=O) groups is 1. The number of aromatic nitrogens is 2. The lowest BCUT2D eigenvalue weighted by Gasteiger charge is -2.12. The Balaban J connectivity index is 1.71. The lowest BCUT2D eigenvalue weighted by atomic mass is 10.0. The second-order valence-electron chi connectivity index (χ2n) is 7.01. The molecule has 0 saturated heterocycles. The molecule has 0 bridgehead atoms. The second-order valence-corrected chi connectivity index (χ2v) is 7.01. The summed E-state index contributed by atoms with van der Waals surface area (Å²) in [7, 11) is 0. The number of hydrogen-bond acceptors (Lipinski definition) is 3. The highest BCUT2D eigenvalue weighted by atomic mass is 19.4. The first-order valence-electron chi connectivity index (χ1n) is 9.76. The second kappa shape index (κ2) is 8.26. The van der Waals surface area contributed by atoms with Gasteiger partial charge in [-0.05, 0) is 41.8 Å². The number of ether oxygens (including phenoxy) is 1. The Kier molecular flexibility index (Phi) is 5.50. The Morgan fingerprint density at radius 3 is 2.29 bits per heavy atom. The van der Waals surface area contributed by atoms with Crippen LogP contribution in [0.4, 0.5) is 13.2 Å². The first-order valence-corrected chi connectivity index (χ1v) is 9.76. The molecule has 4 nitrogen and oxygen atoms in total. The van der Waals surface area contributed by atoms with Gasteiger partial charge in [-0.3, -0.25) is 0 Å². The first kappa shape index (κ1) is 20.7. The maximum Gasteiger partial charge on any atom is 0.449 e. The Hall–Kier alpha value is -3.61. The molecule has 158 valence electrons. The number of nitrogens with zero attached hydrogens (tertiary/aromatic N) is 2. The van der Waals surface area contributed by atoms with Crippen molar-refractivity contribution in [1.82, 2.24) is 9.55 Å². The van der Waals surface area contributed by atoms with Crippen molar-refractivity contribution in [3.05, 3.63) is 89.7 Å². The van der Waals surface area contributed by atoms with Gasteiger partial charge in [-0.1, -0.05) is 54.6 Å². The lowest BCUT2D eigenvalue weighted by molar-refractivity contribution is -0.146. The normalized spacial score (nSPS) is 11.6. The predicted molar refractivity (Wildman–Crippen MR) is 112 cm³/mol. The standard InChI is InChI=1S/C24H19F3N2O2/c1-2-31-22(30)19-12-13-21-20(14-19)28-23(24(25,26)27)29(21)15-16-8-10-18(11-9-16)17-6-4-3-5-7-17/h3-14H,2,15H2,1H3. The van der Waals surface area contributed by atoms with Crippen molar-refractivity contribution in [1.29, 1.82) is 0 Å². The third-order valence-corrected chi connectivity index (χ3v) is 4.91. The molecule has 4 rings (SSSR count). The maximum absolute atomic E-state index is 13.7. The summed E-state index contributed by atoms with van der Waals surface area (Å²) in [4.78, 5) is 15.7. The third-order valence-electron chi connectivity index (χ3n) is 4.91. The van der Waals surface area contributed by atoms with Crippen molar-refractivity contribution in [2.24, 2.45) is 0 Å². The van der Waals surface area contributed by atoms with Gasteiger partial charge in [-0.2, -0.15) is 13.2 Å². The number of rotatable bonds is 5. The average Bonchev–Trinajstić information content (AvgIpc) is 3.13. The van der Waals surface area contributed by atoms with Gasteiger partial charge in [-0.25, -0.2) is 9.78 Å². The minimum absolute atomic E-state index is 0.000827. The number of alkyl halides is 3. The predicted octanol–water partition coefficient (Wildman–Crippen LogP) is 5.95. The number of fused-ring (bicyclic) bond motifs is 1. The smallest absolute Gasteiger partial charge is 0.449 e. The van der Waals surface area contributed by atoms with E-state index in [1.54, 1.807) is 19.1 Å². The van der Waals surface area contributed by atoms with Crippen LogP contribution in [0.2, 0.25) is 0 Å². The molecule has 0 amide bonds. The third kappa shape index (κ3) is 4.30. The van der Waals surface area contributed by atoms with Gasteiger partial charge in [0, 0.05) is 6.54 Å². The van der Waals surface area contributed by atoms with E-state index in [1.165, 1.54) is 18.2 Å². The molecule has 0 aliphatic carbocycles. The minimum Gasteiger partial charge on any atom is -0.462 e. The molecule has 0 radical (unpaired) electrons. The van der Waals surface area contributed by atoms with Crippen LogP contribution in [0.1, 0.15) is 28.7 Å². The van der Waals surface area contributed by atoms with Crippen molar-refractivity contribution < 1.29 is 22.7 Å². The van der Waals surface area contributed by atoms with Gasteiger partial charge < -0.3 is 9.30 Å². The van der Waals surface area contributed by atoms with Crippen LogP contribution in [0.25, 0.3) is 22.2 Å². The number of carbonyl (C=O) groups excluding carboxylic acids is 1. The molecule has 0 saturated carbocycles. The number of halogens is 3. The zero-order valence-corrected chi connectivity index (χ0v) is 16.7. The molecule has 0 aliphatic heterocycles. The fraction of sp³-hybridized carbons (Fsp3) is 0.167. The van der Waals surface area contributed by atoms with Crippen LogP contribution in [0.3, 0.4) is 0 Å². The zero-order chi connectivity index (χ0) is 22.0. The van der Waals surface area contributed by atoms with Gasteiger partial charge in [0.2, 0.25) is 5.82 Å². The van der Waals surface area contributed by atoms with E-state index < -0.39 is 18.0 Å². The maximum atomic E-state index is 13.7. The van der Waals surface area contributed by atoms with Gasteiger partial charge in [0.15, 0.2) is 0 Å². The van der Waals surface area contributed by atoms with E-state index in [4.69, 9.17) is 4.74 Å². The minimum atomic E-state index is -4.63. The molecule has 0 unspecified atom stereocenters. The van der Waals surface area contributed by atoms with Gasteiger partial charge in [0.25, 0.3) is 0 Å². The van der Waals surface area contributed by atoms with Crippen molar-refractivity contribution >= 4 is 17.0 Å².